The lowest BCUT2D eigenvalue weighted by molar-refractivity contribution is -0.221. The molecule has 0 aromatic heterocycles. The number of aliphatic hydroxyl groups is 1. The summed E-state index contributed by atoms with van der Waals surface area (Å²) < 4.78 is 11.7. The number of hydrogen-bond acceptors (Lipinski definition) is 4. The fourth-order valence-electron chi connectivity index (χ4n) is 3.56. The third-order valence-electron chi connectivity index (χ3n) is 6.22. The Morgan fingerprint density at radius 2 is 2.04 bits per heavy atom. The SMILES string of the molecule is CCOC(=O)C1=CCC[C@@]2(C)C[C@H](O[Si](C)(C)C(C)(C)C)[C@@]12O. The summed E-state index contributed by atoms with van der Waals surface area (Å²) in [6.07, 6.45) is 4.02. The second-order valence-electron chi connectivity index (χ2n) is 8.77. The molecule has 4 nitrogen and oxygen atoms in total. The normalized spacial score (nSPS) is 34.3. The summed E-state index contributed by atoms with van der Waals surface area (Å²) in [4.78, 5) is 12.3. The van der Waals surface area contributed by atoms with Crippen LogP contribution in [-0.2, 0) is 14.0 Å². The maximum absolute atomic E-state index is 12.3. The summed E-state index contributed by atoms with van der Waals surface area (Å²) in [6.45, 7) is 15.1. The second-order valence-corrected chi connectivity index (χ2v) is 13.5. The number of fused-ring (bicyclic) bond motifs is 1. The lowest BCUT2D eigenvalue weighted by Gasteiger charge is -2.63. The van der Waals surface area contributed by atoms with E-state index in [-0.39, 0.29) is 16.6 Å². The molecule has 0 spiro atoms. The van der Waals surface area contributed by atoms with Crippen molar-refractivity contribution < 1.29 is 19.1 Å². The molecule has 2 rings (SSSR count). The first kappa shape index (κ1) is 18.7. The molecule has 5 heteroatoms. The Kier molecular flexibility index (Phi) is 4.64. The van der Waals surface area contributed by atoms with E-state index in [1.165, 1.54) is 0 Å². The summed E-state index contributed by atoms with van der Waals surface area (Å²) in [5.74, 6) is -0.399. The molecule has 0 saturated heterocycles. The first-order valence-corrected chi connectivity index (χ1v) is 11.6. The molecule has 1 fully saturated rings. The van der Waals surface area contributed by atoms with Crippen molar-refractivity contribution in [1.82, 2.24) is 0 Å². The molecule has 0 amide bonds. The van der Waals surface area contributed by atoms with Crippen molar-refractivity contribution in [2.45, 2.75) is 83.7 Å². The predicted octanol–water partition coefficient (Wildman–Crippen LogP) is 3.80. The van der Waals surface area contributed by atoms with Crippen LogP contribution >= 0.6 is 0 Å². The first-order chi connectivity index (χ1) is 10.4. The van der Waals surface area contributed by atoms with Gasteiger partial charge in [0, 0.05) is 5.41 Å². The average Bonchev–Trinajstić information content (AvgIpc) is 2.40. The molecule has 0 heterocycles. The van der Waals surface area contributed by atoms with Crippen LogP contribution in [0.25, 0.3) is 0 Å². The summed E-state index contributed by atoms with van der Waals surface area (Å²) in [5, 5.41) is 11.5. The van der Waals surface area contributed by atoms with Gasteiger partial charge in [0.1, 0.15) is 5.60 Å². The van der Waals surface area contributed by atoms with Crippen molar-refractivity contribution in [3.8, 4) is 0 Å². The number of hydrogen-bond donors (Lipinski definition) is 1. The molecule has 2 aliphatic rings. The van der Waals surface area contributed by atoms with E-state index in [9.17, 15) is 9.90 Å². The van der Waals surface area contributed by atoms with E-state index in [4.69, 9.17) is 9.16 Å². The van der Waals surface area contributed by atoms with Gasteiger partial charge in [-0.1, -0.05) is 33.8 Å². The lowest BCUT2D eigenvalue weighted by Crippen LogP contribution is -2.72. The van der Waals surface area contributed by atoms with E-state index in [1.807, 2.05) is 6.08 Å². The number of ether oxygens (including phenoxy) is 1. The zero-order chi connectivity index (χ0) is 17.7. The van der Waals surface area contributed by atoms with Gasteiger partial charge in [-0.05, 0) is 44.3 Å². The molecular formula is C18H32O4Si. The number of rotatable bonds is 4. The minimum absolute atomic E-state index is 0.0673. The van der Waals surface area contributed by atoms with Gasteiger partial charge in [0.25, 0.3) is 0 Å². The maximum Gasteiger partial charge on any atom is 0.336 e. The highest BCUT2D eigenvalue weighted by Gasteiger charge is 2.68. The minimum atomic E-state index is -2.02. The number of carbonyl (C=O) groups is 1. The van der Waals surface area contributed by atoms with Gasteiger partial charge < -0.3 is 14.3 Å². The molecule has 0 unspecified atom stereocenters. The van der Waals surface area contributed by atoms with E-state index in [2.05, 4.69) is 40.8 Å². The quantitative estimate of drug-likeness (QED) is 0.625. The Labute approximate surface area is 141 Å². The van der Waals surface area contributed by atoms with E-state index < -0.39 is 19.9 Å². The van der Waals surface area contributed by atoms with E-state index in [0.29, 0.717) is 12.2 Å². The second kappa shape index (κ2) is 5.71. The summed E-state index contributed by atoms with van der Waals surface area (Å²) in [5.41, 5.74) is -1.10. The fraction of sp³-hybridized carbons (Fsp3) is 0.833. The smallest absolute Gasteiger partial charge is 0.336 e. The molecule has 0 aromatic rings. The van der Waals surface area contributed by atoms with Crippen LogP contribution in [0.4, 0.5) is 0 Å². The van der Waals surface area contributed by atoms with Crippen molar-refractivity contribution in [1.29, 1.82) is 0 Å². The van der Waals surface area contributed by atoms with Crippen LogP contribution in [0.3, 0.4) is 0 Å². The van der Waals surface area contributed by atoms with Gasteiger partial charge in [0.05, 0.1) is 18.3 Å². The highest BCUT2D eigenvalue weighted by molar-refractivity contribution is 6.74. The van der Waals surface area contributed by atoms with Gasteiger partial charge in [0.15, 0.2) is 8.32 Å². The zero-order valence-corrected chi connectivity index (χ0v) is 16.7. The van der Waals surface area contributed by atoms with Crippen LogP contribution in [-0.4, -0.2) is 37.7 Å². The highest BCUT2D eigenvalue weighted by Crippen LogP contribution is 2.61. The molecule has 2 aliphatic carbocycles. The van der Waals surface area contributed by atoms with Crippen LogP contribution in [0.1, 0.15) is 53.9 Å². The van der Waals surface area contributed by atoms with Gasteiger partial charge in [0.2, 0.25) is 0 Å². The summed E-state index contributed by atoms with van der Waals surface area (Å²) in [6, 6.07) is 0. The minimum Gasteiger partial charge on any atom is -0.463 e. The van der Waals surface area contributed by atoms with E-state index in [1.54, 1.807) is 6.92 Å². The first-order valence-electron chi connectivity index (χ1n) is 8.67. The molecule has 0 aromatic carbocycles. The van der Waals surface area contributed by atoms with Crippen LogP contribution in [0.5, 0.6) is 0 Å². The predicted molar refractivity (Wildman–Crippen MR) is 93.7 cm³/mol. The van der Waals surface area contributed by atoms with Gasteiger partial charge in [-0.25, -0.2) is 4.79 Å². The van der Waals surface area contributed by atoms with Gasteiger partial charge in [-0.15, -0.1) is 0 Å². The van der Waals surface area contributed by atoms with Crippen LogP contribution in [0.15, 0.2) is 11.6 Å². The van der Waals surface area contributed by atoms with Crippen molar-refractivity contribution in [3.05, 3.63) is 11.6 Å². The number of carbonyl (C=O) groups excluding carboxylic acids is 1. The molecular weight excluding hydrogens is 308 g/mol. The zero-order valence-electron chi connectivity index (χ0n) is 15.7. The monoisotopic (exact) mass is 340 g/mol. The fourth-order valence-corrected chi connectivity index (χ4v) is 4.88. The van der Waals surface area contributed by atoms with Crippen molar-refractivity contribution in [2.24, 2.45) is 5.41 Å². The Balaban J connectivity index is 2.30. The van der Waals surface area contributed by atoms with Gasteiger partial charge in [-0.2, -0.15) is 0 Å². The lowest BCUT2D eigenvalue weighted by atomic mass is 9.49. The van der Waals surface area contributed by atoms with Gasteiger partial charge in [-0.3, -0.25) is 0 Å². The Bertz CT molecular complexity index is 520. The van der Waals surface area contributed by atoms with Gasteiger partial charge >= 0.3 is 5.97 Å². The highest BCUT2D eigenvalue weighted by atomic mass is 28.4. The van der Waals surface area contributed by atoms with Crippen LogP contribution in [0.2, 0.25) is 18.1 Å². The molecule has 0 radical (unpaired) electrons. The summed E-state index contributed by atoms with van der Waals surface area (Å²) >= 11 is 0. The van der Waals surface area contributed by atoms with Crippen molar-refractivity contribution >= 4 is 14.3 Å². The topological polar surface area (TPSA) is 55.8 Å². The largest absolute Gasteiger partial charge is 0.463 e. The molecule has 132 valence electrons. The molecule has 1 N–H and O–H groups in total. The summed E-state index contributed by atoms with van der Waals surface area (Å²) in [7, 11) is -2.02. The average molecular weight is 341 g/mol. The third kappa shape index (κ3) is 2.81. The molecule has 23 heavy (non-hydrogen) atoms. The Hall–Kier alpha value is -0.653. The van der Waals surface area contributed by atoms with Crippen LogP contribution in [0, 0.1) is 5.41 Å². The molecule has 0 aliphatic heterocycles. The molecule has 1 saturated carbocycles. The molecule has 0 bridgehead atoms. The third-order valence-corrected chi connectivity index (χ3v) is 10.7. The van der Waals surface area contributed by atoms with Crippen molar-refractivity contribution in [2.75, 3.05) is 6.61 Å². The van der Waals surface area contributed by atoms with Crippen molar-refractivity contribution in [3.63, 3.8) is 0 Å². The standard InChI is InChI=1S/C18H32O4Si/c1-8-21-15(19)13-10-9-11-17(5)12-14(18(13,17)20)22-23(6,7)16(2,3)4/h10,14,20H,8-9,11-12H2,1-7H3/t14-,17-,18-/m0/s1. The van der Waals surface area contributed by atoms with Crippen LogP contribution < -0.4 is 0 Å². The maximum atomic E-state index is 12.3. The van der Waals surface area contributed by atoms with E-state index in [0.717, 1.165) is 19.3 Å². The number of esters is 1. The Morgan fingerprint density at radius 3 is 2.57 bits per heavy atom. The van der Waals surface area contributed by atoms with E-state index >= 15 is 0 Å². The molecule has 3 atom stereocenters. The Morgan fingerprint density at radius 1 is 1.43 bits per heavy atom. The number of allylic oxidation sites excluding steroid dienone is 1.